The fourth-order valence-electron chi connectivity index (χ4n) is 5.25. The van der Waals surface area contributed by atoms with E-state index in [1.54, 1.807) is 18.2 Å². The van der Waals surface area contributed by atoms with Crippen LogP contribution in [0.5, 0.6) is 0 Å². The number of carbonyl (C=O) groups excluding carboxylic acids is 1. The minimum Gasteiger partial charge on any atom is -0.370 e. The maximum absolute atomic E-state index is 14.6. The van der Waals surface area contributed by atoms with Crippen LogP contribution in [0.15, 0.2) is 42.5 Å². The van der Waals surface area contributed by atoms with Crippen molar-refractivity contribution in [2.45, 2.75) is 63.7 Å². The van der Waals surface area contributed by atoms with Crippen molar-refractivity contribution < 1.29 is 18.3 Å². The minimum absolute atomic E-state index is 0.0949. The summed E-state index contributed by atoms with van der Waals surface area (Å²) >= 11 is 5.94. The first kappa shape index (κ1) is 22.2. The van der Waals surface area contributed by atoms with Gasteiger partial charge < -0.3 is 10.1 Å². The topological polar surface area (TPSA) is 38.3 Å². The Hall–Kier alpha value is -1.98. The number of carbonyl (C=O) groups is 1. The van der Waals surface area contributed by atoms with Crippen LogP contribution in [0.1, 0.15) is 56.8 Å². The zero-order valence-corrected chi connectivity index (χ0v) is 18.6. The van der Waals surface area contributed by atoms with Gasteiger partial charge in [-0.2, -0.15) is 0 Å². The van der Waals surface area contributed by atoms with Crippen LogP contribution in [0.2, 0.25) is 5.02 Å². The van der Waals surface area contributed by atoms with E-state index in [1.165, 1.54) is 6.07 Å². The quantitative estimate of drug-likeness (QED) is 0.624. The summed E-state index contributed by atoms with van der Waals surface area (Å²) in [5.74, 6) is -1.22. The third-order valence-corrected chi connectivity index (χ3v) is 7.10. The van der Waals surface area contributed by atoms with Gasteiger partial charge >= 0.3 is 0 Å². The largest absolute Gasteiger partial charge is 0.370 e. The third-order valence-electron chi connectivity index (χ3n) is 6.85. The van der Waals surface area contributed by atoms with Gasteiger partial charge in [0.05, 0.1) is 18.6 Å². The van der Waals surface area contributed by atoms with Crippen LogP contribution in [-0.4, -0.2) is 17.6 Å². The summed E-state index contributed by atoms with van der Waals surface area (Å²) in [5.41, 5.74) is 0.518. The number of fused-ring (bicyclic) bond motifs is 1. The number of nitrogens with one attached hydrogen (secondary N) is 1. The van der Waals surface area contributed by atoms with Gasteiger partial charge in [0.15, 0.2) is 11.6 Å². The molecule has 0 unspecified atom stereocenters. The van der Waals surface area contributed by atoms with Crippen LogP contribution in [0.25, 0.3) is 0 Å². The van der Waals surface area contributed by atoms with Crippen LogP contribution in [0, 0.1) is 23.5 Å². The predicted molar refractivity (Wildman–Crippen MR) is 117 cm³/mol. The molecule has 0 aromatic heterocycles. The Morgan fingerprint density at radius 1 is 1.19 bits per heavy atom. The molecule has 0 bridgehead atoms. The highest BCUT2D eigenvalue weighted by molar-refractivity contribution is 6.30. The average Bonchev–Trinajstić information content (AvgIpc) is 2.71. The maximum atomic E-state index is 14.6. The Balaban J connectivity index is 1.58. The van der Waals surface area contributed by atoms with Gasteiger partial charge in [-0.3, -0.25) is 4.79 Å². The molecule has 1 aliphatic carbocycles. The number of benzene rings is 2. The number of hydrogen-bond acceptors (Lipinski definition) is 2. The smallest absolute Gasteiger partial charge is 0.224 e. The molecule has 1 N–H and O–H groups in total. The second-order valence-electron chi connectivity index (χ2n) is 9.30. The summed E-state index contributed by atoms with van der Waals surface area (Å²) in [5, 5.41) is 3.86. The SMILES string of the molecule is C[C@H]1CC[C@H]2[C@H](C1)O[C@H](c1cccc(F)c1F)C[C@]2(C)NC(=O)Cc1ccc(Cl)cc1. The summed E-state index contributed by atoms with van der Waals surface area (Å²) < 4.78 is 34.8. The van der Waals surface area contributed by atoms with E-state index >= 15 is 0 Å². The van der Waals surface area contributed by atoms with Crippen molar-refractivity contribution in [3.63, 3.8) is 0 Å². The van der Waals surface area contributed by atoms with Gasteiger partial charge in [-0.1, -0.05) is 49.2 Å². The molecule has 5 atom stereocenters. The number of ether oxygens (including phenoxy) is 1. The van der Waals surface area contributed by atoms with Crippen molar-refractivity contribution in [2.75, 3.05) is 0 Å². The first-order valence-corrected chi connectivity index (χ1v) is 11.3. The van der Waals surface area contributed by atoms with E-state index in [0.717, 1.165) is 30.9 Å². The lowest BCUT2D eigenvalue weighted by Crippen LogP contribution is -2.60. The van der Waals surface area contributed by atoms with Gasteiger partial charge in [0.2, 0.25) is 5.91 Å². The second kappa shape index (κ2) is 8.87. The molecule has 4 rings (SSSR count). The van der Waals surface area contributed by atoms with Gasteiger partial charge in [-0.15, -0.1) is 0 Å². The molecule has 1 heterocycles. The fourth-order valence-corrected chi connectivity index (χ4v) is 5.38. The Kier molecular flexibility index (Phi) is 6.36. The molecule has 2 aromatic rings. The standard InChI is InChI=1S/C25H28ClF2NO2/c1-15-6-11-19-21(12-15)31-22(18-4-3-5-20(27)24(18)28)14-25(19,2)29-23(30)13-16-7-9-17(26)10-8-16/h3-5,7-10,15,19,21-22H,6,11-14H2,1-2H3,(H,29,30)/t15-,19-,21-,22-,25-/m0/s1. The van der Waals surface area contributed by atoms with E-state index < -0.39 is 23.3 Å². The molecule has 2 aliphatic rings. The molecular formula is C25H28ClF2NO2. The molecule has 1 amide bonds. The van der Waals surface area contributed by atoms with Gasteiger partial charge in [-0.05, 0) is 49.4 Å². The summed E-state index contributed by atoms with van der Waals surface area (Å²) in [6, 6.07) is 11.4. The molecular weight excluding hydrogens is 420 g/mol. The molecule has 3 nitrogen and oxygen atoms in total. The van der Waals surface area contributed by atoms with Crippen LogP contribution < -0.4 is 5.32 Å². The molecule has 0 radical (unpaired) electrons. The van der Waals surface area contributed by atoms with Crippen molar-refractivity contribution in [1.29, 1.82) is 0 Å². The number of amides is 1. The summed E-state index contributed by atoms with van der Waals surface area (Å²) in [7, 11) is 0. The number of rotatable bonds is 4. The lowest BCUT2D eigenvalue weighted by atomic mass is 9.66. The molecule has 6 heteroatoms. The van der Waals surface area contributed by atoms with Crippen molar-refractivity contribution in [2.24, 2.45) is 11.8 Å². The first-order chi connectivity index (χ1) is 14.7. The Labute approximate surface area is 187 Å². The van der Waals surface area contributed by atoms with E-state index in [2.05, 4.69) is 12.2 Å². The molecule has 1 aliphatic heterocycles. The predicted octanol–water partition coefficient (Wildman–Crippen LogP) is 6.00. The van der Waals surface area contributed by atoms with Gasteiger partial charge in [-0.25, -0.2) is 8.78 Å². The molecule has 166 valence electrons. The van der Waals surface area contributed by atoms with Crippen LogP contribution in [-0.2, 0) is 16.0 Å². The highest BCUT2D eigenvalue weighted by Gasteiger charge is 2.49. The zero-order valence-electron chi connectivity index (χ0n) is 17.8. The summed E-state index contributed by atoms with van der Waals surface area (Å²) in [4.78, 5) is 13.0. The molecule has 31 heavy (non-hydrogen) atoms. The van der Waals surface area contributed by atoms with Crippen molar-refractivity contribution in [3.05, 3.63) is 70.2 Å². The fraction of sp³-hybridized carbons (Fsp3) is 0.480. The number of halogens is 3. The van der Waals surface area contributed by atoms with Crippen molar-refractivity contribution >= 4 is 17.5 Å². The van der Waals surface area contributed by atoms with E-state index in [4.69, 9.17) is 16.3 Å². The van der Waals surface area contributed by atoms with Crippen LogP contribution in [0.3, 0.4) is 0 Å². The highest BCUT2D eigenvalue weighted by atomic mass is 35.5. The van der Waals surface area contributed by atoms with Crippen LogP contribution >= 0.6 is 11.6 Å². The zero-order chi connectivity index (χ0) is 22.2. The first-order valence-electron chi connectivity index (χ1n) is 10.9. The Morgan fingerprint density at radius 3 is 2.68 bits per heavy atom. The Morgan fingerprint density at radius 2 is 1.94 bits per heavy atom. The van der Waals surface area contributed by atoms with E-state index in [-0.39, 0.29) is 29.9 Å². The van der Waals surface area contributed by atoms with Gasteiger partial charge in [0, 0.05) is 28.5 Å². The second-order valence-corrected chi connectivity index (χ2v) is 9.74. The highest BCUT2D eigenvalue weighted by Crippen LogP contribution is 2.48. The molecule has 2 aromatic carbocycles. The molecule has 0 spiro atoms. The minimum atomic E-state index is -0.881. The lowest BCUT2D eigenvalue weighted by molar-refractivity contribution is -0.154. The molecule has 1 saturated heterocycles. The van der Waals surface area contributed by atoms with E-state index in [0.29, 0.717) is 17.4 Å². The van der Waals surface area contributed by atoms with Crippen LogP contribution in [0.4, 0.5) is 8.78 Å². The monoisotopic (exact) mass is 447 g/mol. The molecule has 2 fully saturated rings. The van der Waals surface area contributed by atoms with E-state index in [1.807, 2.05) is 19.1 Å². The summed E-state index contributed by atoms with van der Waals surface area (Å²) in [6.45, 7) is 4.20. The maximum Gasteiger partial charge on any atom is 0.224 e. The van der Waals surface area contributed by atoms with Gasteiger partial charge in [0.1, 0.15) is 0 Å². The normalized spacial score (nSPS) is 30.5. The van der Waals surface area contributed by atoms with Gasteiger partial charge in [0.25, 0.3) is 0 Å². The number of hydrogen-bond donors (Lipinski definition) is 1. The van der Waals surface area contributed by atoms with Crippen molar-refractivity contribution in [1.82, 2.24) is 5.32 Å². The molecule has 1 saturated carbocycles. The summed E-state index contributed by atoms with van der Waals surface area (Å²) in [6.07, 6.45) is 2.76. The average molecular weight is 448 g/mol. The van der Waals surface area contributed by atoms with E-state index in [9.17, 15) is 13.6 Å². The lowest BCUT2D eigenvalue weighted by Gasteiger charge is -2.52. The van der Waals surface area contributed by atoms with Crippen molar-refractivity contribution in [3.8, 4) is 0 Å². The third kappa shape index (κ3) is 4.78. The Bertz CT molecular complexity index is 951.